The maximum Gasteiger partial charge on any atom is 0.0242 e. The second-order valence-electron chi connectivity index (χ2n) is 7.71. The van der Waals surface area contributed by atoms with Crippen LogP contribution in [-0.2, 0) is 0 Å². The van der Waals surface area contributed by atoms with E-state index in [1.165, 1.54) is 19.3 Å². The molecule has 1 unspecified atom stereocenters. The van der Waals surface area contributed by atoms with Gasteiger partial charge in [-0.05, 0) is 52.5 Å². The van der Waals surface area contributed by atoms with Gasteiger partial charge in [0.05, 0.1) is 0 Å². The van der Waals surface area contributed by atoms with E-state index in [1.807, 2.05) is 0 Å². The van der Waals surface area contributed by atoms with E-state index in [-0.39, 0.29) is 15.8 Å². The van der Waals surface area contributed by atoms with Gasteiger partial charge in [-0.2, -0.15) is 0 Å². The molecule has 0 amide bonds. The van der Waals surface area contributed by atoms with Gasteiger partial charge in [-0.25, -0.2) is 0 Å². The van der Waals surface area contributed by atoms with E-state index >= 15 is 0 Å². The first kappa shape index (κ1) is 15.4. The zero-order chi connectivity index (χ0) is 15.4. The summed E-state index contributed by atoms with van der Waals surface area (Å²) in [5.74, 6) is 0.645. The minimum atomic E-state index is 0.126. The van der Waals surface area contributed by atoms with E-state index in [1.54, 1.807) is 16.2 Å². The normalized spacial score (nSPS) is 41.8. The van der Waals surface area contributed by atoms with Crippen LogP contribution < -0.4 is 0 Å². The van der Waals surface area contributed by atoms with E-state index in [9.17, 15) is 0 Å². The van der Waals surface area contributed by atoms with Crippen molar-refractivity contribution < 1.29 is 0 Å². The van der Waals surface area contributed by atoms with Gasteiger partial charge in [-0.1, -0.05) is 79.5 Å². The molecule has 4 rings (SSSR count). The summed E-state index contributed by atoms with van der Waals surface area (Å²) in [4.78, 5) is 0. The van der Waals surface area contributed by atoms with Gasteiger partial charge in [-0.15, -0.1) is 0 Å². The maximum absolute atomic E-state index is 2.50. The third kappa shape index (κ3) is 2.34. The van der Waals surface area contributed by atoms with Crippen molar-refractivity contribution in [2.45, 2.75) is 69.6 Å². The molecule has 5 atom stereocenters. The highest BCUT2D eigenvalue weighted by molar-refractivity contribution is 7.65. The van der Waals surface area contributed by atoms with E-state index in [0.29, 0.717) is 5.92 Å². The van der Waals surface area contributed by atoms with Gasteiger partial charge < -0.3 is 0 Å². The van der Waals surface area contributed by atoms with Crippen molar-refractivity contribution in [3.63, 3.8) is 0 Å². The molecule has 118 valence electrons. The first-order valence-corrected chi connectivity index (χ1v) is 11.9. The molecule has 2 heterocycles. The molecular weight excluding hydrogens is 302 g/mol. The molecule has 2 aliphatic carbocycles. The summed E-state index contributed by atoms with van der Waals surface area (Å²) in [5, 5.41) is 3.57. The van der Waals surface area contributed by atoms with Crippen LogP contribution in [0.25, 0.3) is 0 Å². The van der Waals surface area contributed by atoms with Crippen LogP contribution in [0.3, 0.4) is 0 Å². The van der Waals surface area contributed by atoms with E-state index in [4.69, 9.17) is 0 Å². The molecule has 0 spiro atoms. The van der Waals surface area contributed by atoms with Crippen LogP contribution in [0.2, 0.25) is 0 Å². The molecule has 0 bridgehead atoms. The van der Waals surface area contributed by atoms with Crippen molar-refractivity contribution in [3.8, 4) is 0 Å². The third-order valence-electron chi connectivity index (χ3n) is 6.06. The van der Waals surface area contributed by atoms with E-state index in [0.717, 1.165) is 22.6 Å². The predicted octanol–water partition coefficient (Wildman–Crippen LogP) is 6.60. The molecule has 0 saturated carbocycles. The topological polar surface area (TPSA) is 0 Å². The minimum Gasteiger partial charge on any atom is -0.0736 e. The molecule has 0 aromatic rings. The quantitative estimate of drug-likeness (QED) is 0.512. The van der Waals surface area contributed by atoms with Crippen LogP contribution in [0.15, 0.2) is 46.6 Å². The van der Waals surface area contributed by atoms with E-state index < -0.39 is 0 Å². The molecule has 0 aromatic heterocycles. The number of hydrogen-bond acceptors (Lipinski definition) is 0. The lowest BCUT2D eigenvalue weighted by Crippen LogP contribution is -2.27. The maximum atomic E-state index is 2.50. The summed E-state index contributed by atoms with van der Waals surface area (Å²) in [5.41, 5.74) is 5.52. The zero-order valence-electron chi connectivity index (χ0n) is 14.3. The average molecular weight is 330 g/mol. The van der Waals surface area contributed by atoms with Crippen LogP contribution in [0.1, 0.15) is 47.0 Å². The number of hydrogen-bond donors (Lipinski definition) is 0. The highest BCUT2D eigenvalue weighted by Gasteiger charge is 2.42. The highest BCUT2D eigenvalue weighted by atomic mass is 31.1. The summed E-state index contributed by atoms with van der Waals surface area (Å²) in [6.07, 6.45) is 16.4. The van der Waals surface area contributed by atoms with Crippen molar-refractivity contribution in [1.82, 2.24) is 0 Å². The minimum absolute atomic E-state index is 0.126. The Kier molecular flexibility index (Phi) is 3.99. The smallest absolute Gasteiger partial charge is 0.0242 e. The molecule has 2 fully saturated rings. The van der Waals surface area contributed by atoms with Crippen LogP contribution in [0.4, 0.5) is 0 Å². The Morgan fingerprint density at radius 2 is 1.45 bits per heavy atom. The second-order valence-corrected chi connectivity index (χ2v) is 14.0. The fourth-order valence-corrected chi connectivity index (χ4v) is 11.8. The fourth-order valence-electron chi connectivity index (χ4n) is 5.06. The van der Waals surface area contributed by atoms with Crippen LogP contribution in [-0.4, -0.2) is 22.6 Å². The summed E-state index contributed by atoms with van der Waals surface area (Å²) in [6.45, 7) is 9.86. The lowest BCUT2D eigenvalue weighted by Gasteiger charge is -2.45. The fraction of sp³-hybridized carbons (Fsp3) is 0.600. The number of rotatable bonds is 3. The molecule has 0 radical (unpaired) electrons. The first-order valence-electron chi connectivity index (χ1n) is 8.91. The van der Waals surface area contributed by atoms with Crippen molar-refractivity contribution in [3.05, 3.63) is 46.6 Å². The molecule has 22 heavy (non-hydrogen) atoms. The van der Waals surface area contributed by atoms with Crippen molar-refractivity contribution in [2.75, 3.05) is 0 Å². The molecular formula is C20H28P2. The molecule has 2 saturated heterocycles. The van der Waals surface area contributed by atoms with Gasteiger partial charge in [-0.3, -0.25) is 0 Å². The second kappa shape index (κ2) is 5.72. The van der Waals surface area contributed by atoms with Gasteiger partial charge in [0, 0.05) is 5.92 Å². The predicted molar refractivity (Wildman–Crippen MR) is 102 cm³/mol. The Hall–Kier alpha value is -0.180. The van der Waals surface area contributed by atoms with Crippen molar-refractivity contribution >= 4 is 15.8 Å². The molecule has 2 aliphatic heterocycles. The Morgan fingerprint density at radius 1 is 0.818 bits per heavy atom. The molecule has 4 aliphatic rings. The summed E-state index contributed by atoms with van der Waals surface area (Å²) in [6, 6.07) is 0. The summed E-state index contributed by atoms with van der Waals surface area (Å²) >= 11 is 0. The van der Waals surface area contributed by atoms with Gasteiger partial charge >= 0.3 is 0 Å². The molecule has 0 nitrogen and oxygen atoms in total. The van der Waals surface area contributed by atoms with E-state index in [2.05, 4.69) is 58.1 Å². The lowest BCUT2D eigenvalue weighted by atomic mass is 10.00. The first-order chi connectivity index (χ1) is 10.6. The monoisotopic (exact) mass is 330 g/mol. The Labute approximate surface area is 138 Å². The van der Waals surface area contributed by atoms with Crippen LogP contribution in [0, 0.1) is 5.92 Å². The molecule has 2 heteroatoms. The zero-order valence-corrected chi connectivity index (χ0v) is 16.1. The summed E-state index contributed by atoms with van der Waals surface area (Å²) in [7, 11) is 0.298. The van der Waals surface area contributed by atoms with Crippen LogP contribution >= 0.6 is 15.8 Å². The molecule has 0 N–H and O–H groups in total. The SMILES string of the molecule is C[C@@H]1C[C@@H](C)P1C1=CC=C(C2C=CC=C2P2[C@H](C)C[C@H]2C)C1. The Bertz CT molecular complexity index is 579. The van der Waals surface area contributed by atoms with Gasteiger partial charge in [0.1, 0.15) is 0 Å². The Balaban J connectivity index is 1.46. The highest BCUT2D eigenvalue weighted by Crippen LogP contribution is 2.70. The summed E-state index contributed by atoms with van der Waals surface area (Å²) < 4.78 is 0. The third-order valence-corrected chi connectivity index (χ3v) is 12.7. The van der Waals surface area contributed by atoms with Crippen molar-refractivity contribution in [2.24, 2.45) is 5.92 Å². The molecule has 0 aromatic carbocycles. The number of allylic oxidation sites excluding steroid dienone is 8. The average Bonchev–Trinajstić information content (AvgIpc) is 3.07. The van der Waals surface area contributed by atoms with Crippen molar-refractivity contribution in [1.29, 1.82) is 0 Å². The standard InChI is InChI=1S/C20H28P2/c1-13-10-14(2)21(13)18-9-8-17(12-18)19-6-5-7-20(19)22-15(3)11-16(22)4/h5-9,13-16,19H,10-12H2,1-4H3/t13-,14-,15-,16-,19?/m1/s1. The van der Waals surface area contributed by atoms with Gasteiger partial charge in [0.2, 0.25) is 0 Å². The van der Waals surface area contributed by atoms with Gasteiger partial charge in [0.15, 0.2) is 0 Å². The lowest BCUT2D eigenvalue weighted by molar-refractivity contribution is 0.703. The van der Waals surface area contributed by atoms with Gasteiger partial charge in [0.25, 0.3) is 0 Å². The van der Waals surface area contributed by atoms with Crippen LogP contribution in [0.5, 0.6) is 0 Å². The largest absolute Gasteiger partial charge is 0.0736 e. The Morgan fingerprint density at radius 3 is 2.05 bits per heavy atom.